The summed E-state index contributed by atoms with van der Waals surface area (Å²) in [7, 11) is 0. The number of hydrogen-bond acceptors (Lipinski definition) is 1. The molecule has 0 spiro atoms. The summed E-state index contributed by atoms with van der Waals surface area (Å²) in [4.78, 5) is 12.9. The molecule has 0 saturated carbocycles. The fourth-order valence-electron chi connectivity index (χ4n) is 1.34. The fourth-order valence-corrected chi connectivity index (χ4v) is 1.34. The van der Waals surface area contributed by atoms with Gasteiger partial charge in [0.2, 0.25) is 0 Å². The van der Waals surface area contributed by atoms with E-state index >= 15 is 0 Å². The van der Waals surface area contributed by atoms with Gasteiger partial charge in [0.25, 0.3) is 0 Å². The molecule has 1 fully saturated rings. The lowest BCUT2D eigenvalue weighted by Gasteiger charge is -2.12. The van der Waals surface area contributed by atoms with Crippen molar-refractivity contribution >= 4 is 6.03 Å². The first-order chi connectivity index (χ1) is 6.36. The molecule has 1 saturated heterocycles. The molecule has 1 aliphatic heterocycles. The topological polar surface area (TPSA) is 32.3 Å². The minimum absolute atomic E-state index is 0.0103. The lowest BCUT2D eigenvalue weighted by Crippen LogP contribution is -2.26. The molecule has 1 heterocycles. The van der Waals surface area contributed by atoms with Crippen LogP contribution in [0.15, 0.2) is 30.3 Å². The van der Waals surface area contributed by atoms with E-state index in [1.165, 1.54) is 0 Å². The van der Waals surface area contributed by atoms with E-state index in [0.29, 0.717) is 13.1 Å². The minimum atomic E-state index is -0.0103. The monoisotopic (exact) mass is 175 g/mol. The Kier molecular flexibility index (Phi) is 2.17. The highest BCUT2D eigenvalue weighted by Gasteiger charge is 2.19. The molecular formula is C10H11N2O. The van der Waals surface area contributed by atoms with Gasteiger partial charge in [-0.05, 0) is 5.56 Å². The summed E-state index contributed by atoms with van der Waals surface area (Å²) < 4.78 is 0. The van der Waals surface area contributed by atoms with E-state index < -0.39 is 0 Å². The van der Waals surface area contributed by atoms with Gasteiger partial charge in [0.15, 0.2) is 0 Å². The predicted molar refractivity (Wildman–Crippen MR) is 49.7 cm³/mol. The van der Waals surface area contributed by atoms with Crippen molar-refractivity contribution < 1.29 is 4.79 Å². The van der Waals surface area contributed by atoms with Crippen LogP contribution >= 0.6 is 0 Å². The summed E-state index contributed by atoms with van der Waals surface area (Å²) in [6.45, 7) is 3.17. The Labute approximate surface area is 77.4 Å². The number of carbonyl (C=O) groups excluding carboxylic acids is 1. The Balaban J connectivity index is 2.02. The summed E-state index contributed by atoms with van der Waals surface area (Å²) in [6, 6.07) is 9.94. The highest BCUT2D eigenvalue weighted by atomic mass is 16.2. The van der Waals surface area contributed by atoms with E-state index in [9.17, 15) is 4.79 Å². The van der Waals surface area contributed by atoms with Crippen LogP contribution in [0.1, 0.15) is 5.56 Å². The van der Waals surface area contributed by atoms with Crippen LogP contribution < -0.4 is 5.32 Å². The number of amides is 2. The summed E-state index contributed by atoms with van der Waals surface area (Å²) in [5.41, 5.74) is 1.15. The molecule has 2 amide bonds. The van der Waals surface area contributed by atoms with Crippen molar-refractivity contribution in [1.29, 1.82) is 0 Å². The predicted octanol–water partition coefficient (Wildman–Crippen LogP) is 1.37. The van der Waals surface area contributed by atoms with Crippen LogP contribution in [0.3, 0.4) is 0 Å². The second-order valence-corrected chi connectivity index (χ2v) is 2.98. The van der Waals surface area contributed by atoms with Gasteiger partial charge in [-0.3, -0.25) is 0 Å². The van der Waals surface area contributed by atoms with Crippen LogP contribution in [0.5, 0.6) is 0 Å². The molecule has 0 bridgehead atoms. The van der Waals surface area contributed by atoms with E-state index in [2.05, 4.69) is 5.32 Å². The maximum absolute atomic E-state index is 11.2. The third-order valence-corrected chi connectivity index (χ3v) is 2.02. The number of urea groups is 1. The van der Waals surface area contributed by atoms with Gasteiger partial charge < -0.3 is 10.2 Å². The van der Waals surface area contributed by atoms with Crippen molar-refractivity contribution in [3.05, 3.63) is 42.4 Å². The van der Waals surface area contributed by atoms with E-state index in [-0.39, 0.29) is 6.03 Å². The second-order valence-electron chi connectivity index (χ2n) is 2.98. The Hall–Kier alpha value is -1.51. The molecule has 0 atom stereocenters. The number of hydrogen-bond donors (Lipinski definition) is 1. The minimum Gasteiger partial charge on any atom is -0.336 e. The summed E-state index contributed by atoms with van der Waals surface area (Å²) in [5, 5.41) is 2.72. The van der Waals surface area contributed by atoms with Crippen molar-refractivity contribution in [2.45, 2.75) is 6.54 Å². The van der Waals surface area contributed by atoms with Crippen LogP contribution in [-0.2, 0) is 6.54 Å². The van der Waals surface area contributed by atoms with Crippen molar-refractivity contribution in [3.63, 3.8) is 0 Å². The standard InChI is InChI=1S/C10H11N2O/c13-10-11-6-7-12(10)8-9-4-2-1-3-5-9/h1-5,7H,6,8H2,(H,11,13). The van der Waals surface area contributed by atoms with E-state index in [1.54, 1.807) is 4.90 Å². The van der Waals surface area contributed by atoms with Gasteiger partial charge >= 0.3 is 6.03 Å². The van der Waals surface area contributed by atoms with Crippen LogP contribution in [0.4, 0.5) is 4.79 Å². The van der Waals surface area contributed by atoms with Gasteiger partial charge in [-0.15, -0.1) is 0 Å². The van der Waals surface area contributed by atoms with Crippen LogP contribution in [0, 0.1) is 6.54 Å². The zero-order valence-electron chi connectivity index (χ0n) is 7.23. The number of benzene rings is 1. The average molecular weight is 175 g/mol. The molecule has 1 aromatic carbocycles. The highest BCUT2D eigenvalue weighted by Crippen LogP contribution is 2.08. The summed E-state index contributed by atoms with van der Waals surface area (Å²) >= 11 is 0. The number of nitrogens with zero attached hydrogens (tertiary/aromatic N) is 1. The third kappa shape index (κ3) is 1.80. The smallest absolute Gasteiger partial charge is 0.318 e. The lowest BCUT2D eigenvalue weighted by molar-refractivity contribution is 0.221. The van der Waals surface area contributed by atoms with Crippen molar-refractivity contribution in [2.24, 2.45) is 0 Å². The zero-order chi connectivity index (χ0) is 9.10. The quantitative estimate of drug-likeness (QED) is 0.723. The van der Waals surface area contributed by atoms with E-state index in [1.807, 2.05) is 36.9 Å². The Bertz CT molecular complexity index is 297. The van der Waals surface area contributed by atoms with Crippen molar-refractivity contribution in [3.8, 4) is 0 Å². The van der Waals surface area contributed by atoms with Gasteiger partial charge in [0, 0.05) is 13.1 Å². The maximum Gasteiger partial charge on any atom is 0.318 e. The molecule has 67 valence electrons. The van der Waals surface area contributed by atoms with Gasteiger partial charge in [-0.1, -0.05) is 30.3 Å². The molecule has 3 nitrogen and oxygen atoms in total. The first-order valence-corrected chi connectivity index (χ1v) is 4.28. The number of rotatable bonds is 2. The Morgan fingerprint density at radius 3 is 2.69 bits per heavy atom. The molecule has 2 rings (SSSR count). The first-order valence-electron chi connectivity index (χ1n) is 4.28. The van der Waals surface area contributed by atoms with Gasteiger partial charge in [0.05, 0.1) is 6.54 Å². The molecule has 1 aliphatic rings. The molecule has 3 heteroatoms. The molecular weight excluding hydrogens is 164 g/mol. The Morgan fingerprint density at radius 2 is 2.08 bits per heavy atom. The van der Waals surface area contributed by atoms with Crippen LogP contribution in [0.2, 0.25) is 0 Å². The zero-order valence-corrected chi connectivity index (χ0v) is 7.23. The van der Waals surface area contributed by atoms with Crippen molar-refractivity contribution in [1.82, 2.24) is 10.2 Å². The molecule has 0 aliphatic carbocycles. The SMILES string of the molecule is O=C1NC[CH]N1Cc1ccccc1. The summed E-state index contributed by atoms with van der Waals surface area (Å²) in [6.07, 6.45) is 0. The van der Waals surface area contributed by atoms with Crippen LogP contribution in [0.25, 0.3) is 0 Å². The molecule has 0 aromatic heterocycles. The second kappa shape index (κ2) is 3.47. The Morgan fingerprint density at radius 1 is 1.31 bits per heavy atom. The molecule has 1 N–H and O–H groups in total. The van der Waals surface area contributed by atoms with E-state index in [0.717, 1.165) is 5.56 Å². The largest absolute Gasteiger partial charge is 0.336 e. The summed E-state index contributed by atoms with van der Waals surface area (Å²) in [5.74, 6) is 0. The van der Waals surface area contributed by atoms with E-state index in [4.69, 9.17) is 0 Å². The van der Waals surface area contributed by atoms with Gasteiger partial charge in [-0.2, -0.15) is 0 Å². The average Bonchev–Trinajstić information content (AvgIpc) is 2.54. The first kappa shape index (κ1) is 8.10. The van der Waals surface area contributed by atoms with Gasteiger partial charge in [0.1, 0.15) is 0 Å². The normalized spacial score (nSPS) is 16.0. The number of carbonyl (C=O) groups is 1. The van der Waals surface area contributed by atoms with Crippen molar-refractivity contribution in [2.75, 3.05) is 6.54 Å². The fraction of sp³-hybridized carbons (Fsp3) is 0.200. The highest BCUT2D eigenvalue weighted by molar-refractivity contribution is 5.77. The molecule has 1 aromatic rings. The third-order valence-electron chi connectivity index (χ3n) is 2.02. The van der Waals surface area contributed by atoms with Gasteiger partial charge in [-0.25, -0.2) is 4.79 Å². The van der Waals surface area contributed by atoms with Crippen LogP contribution in [-0.4, -0.2) is 17.5 Å². The molecule has 13 heavy (non-hydrogen) atoms. The maximum atomic E-state index is 11.2. The number of nitrogens with one attached hydrogen (secondary N) is 1. The molecule has 0 unspecified atom stereocenters. The molecule has 1 radical (unpaired) electrons. The lowest BCUT2D eigenvalue weighted by atomic mass is 10.2.